The van der Waals surface area contributed by atoms with Gasteiger partial charge in [0, 0.05) is 37.8 Å². The predicted octanol–water partition coefficient (Wildman–Crippen LogP) is 1.50. The summed E-state index contributed by atoms with van der Waals surface area (Å²) in [6, 6.07) is 12.1. The van der Waals surface area contributed by atoms with Gasteiger partial charge in [-0.15, -0.1) is 0 Å². The molecule has 0 spiro atoms. The van der Waals surface area contributed by atoms with E-state index in [0.717, 1.165) is 0 Å². The minimum Gasteiger partial charge on any atom is -0.351 e. The van der Waals surface area contributed by atoms with Crippen molar-refractivity contribution in [3.63, 3.8) is 0 Å². The van der Waals surface area contributed by atoms with Crippen LogP contribution >= 0.6 is 0 Å². The van der Waals surface area contributed by atoms with Crippen LogP contribution in [-0.4, -0.2) is 56.7 Å². The summed E-state index contributed by atoms with van der Waals surface area (Å²) in [5, 5.41) is 4.10. The van der Waals surface area contributed by atoms with Crippen LogP contribution in [0, 0.1) is 12.7 Å². The Hall–Kier alpha value is -3.62. The number of benzene rings is 1. The van der Waals surface area contributed by atoms with Crippen molar-refractivity contribution in [1.29, 1.82) is 0 Å². The summed E-state index contributed by atoms with van der Waals surface area (Å²) in [6.45, 7) is 3.33. The van der Waals surface area contributed by atoms with Crippen LogP contribution in [0.4, 0.5) is 10.2 Å². The van der Waals surface area contributed by atoms with Crippen LogP contribution < -0.4 is 10.5 Å². The van der Waals surface area contributed by atoms with Crippen LogP contribution in [0.1, 0.15) is 5.69 Å². The molecule has 1 aliphatic heterocycles. The molecule has 1 saturated heterocycles. The van der Waals surface area contributed by atoms with Crippen molar-refractivity contribution in [1.82, 2.24) is 24.6 Å². The van der Waals surface area contributed by atoms with Crippen molar-refractivity contribution in [3.8, 4) is 11.3 Å². The van der Waals surface area contributed by atoms with Crippen molar-refractivity contribution >= 4 is 11.7 Å². The van der Waals surface area contributed by atoms with Gasteiger partial charge in [0.2, 0.25) is 5.91 Å². The lowest BCUT2D eigenvalue weighted by Crippen LogP contribution is -2.50. The number of anilines is 1. The molecular formula is C21H21FN6O2. The summed E-state index contributed by atoms with van der Waals surface area (Å²) in [5.74, 6) is -0.436. The molecule has 30 heavy (non-hydrogen) atoms. The first kappa shape index (κ1) is 19.7. The molecule has 2 aromatic heterocycles. The average molecular weight is 408 g/mol. The third-order valence-electron chi connectivity index (χ3n) is 5.04. The van der Waals surface area contributed by atoms with Gasteiger partial charge in [-0.3, -0.25) is 9.59 Å². The number of piperazine rings is 1. The maximum absolute atomic E-state index is 15.1. The highest BCUT2D eigenvalue weighted by molar-refractivity contribution is 5.76. The molecule has 0 N–H and O–H groups in total. The SMILES string of the molecule is Cc1ccc(=O)n(CC(=O)N2CCN(c3ncnc(-c4ccccc4)c3F)CC2)n1. The van der Waals surface area contributed by atoms with Crippen LogP contribution in [0.5, 0.6) is 0 Å². The lowest BCUT2D eigenvalue weighted by Gasteiger charge is -2.35. The van der Waals surface area contributed by atoms with Crippen LogP contribution in [0.2, 0.25) is 0 Å². The Balaban J connectivity index is 1.44. The Morgan fingerprint density at radius 3 is 2.50 bits per heavy atom. The fourth-order valence-corrected chi connectivity index (χ4v) is 3.44. The van der Waals surface area contributed by atoms with Gasteiger partial charge < -0.3 is 9.80 Å². The molecule has 3 heterocycles. The molecule has 0 atom stereocenters. The van der Waals surface area contributed by atoms with E-state index in [9.17, 15) is 9.59 Å². The summed E-state index contributed by atoms with van der Waals surface area (Å²) >= 11 is 0. The van der Waals surface area contributed by atoms with Crippen LogP contribution in [0.15, 0.2) is 53.6 Å². The largest absolute Gasteiger partial charge is 0.351 e. The zero-order chi connectivity index (χ0) is 21.1. The van der Waals surface area contributed by atoms with Crippen molar-refractivity contribution in [3.05, 3.63) is 70.7 Å². The molecule has 4 rings (SSSR count). The fourth-order valence-electron chi connectivity index (χ4n) is 3.44. The molecule has 8 nitrogen and oxygen atoms in total. The molecule has 0 aliphatic carbocycles. The highest BCUT2D eigenvalue weighted by Crippen LogP contribution is 2.26. The molecule has 1 amide bonds. The number of aryl methyl sites for hydroxylation is 1. The number of rotatable bonds is 4. The summed E-state index contributed by atoms with van der Waals surface area (Å²) in [6.07, 6.45) is 1.36. The first-order valence-corrected chi connectivity index (χ1v) is 9.66. The van der Waals surface area contributed by atoms with Gasteiger partial charge in [-0.25, -0.2) is 19.0 Å². The standard InChI is InChI=1S/C21H21FN6O2/c1-15-7-8-17(29)28(25-15)13-18(30)26-9-11-27(12-10-26)21-19(22)20(23-14-24-21)16-5-3-2-4-6-16/h2-8,14H,9-13H2,1H3. The zero-order valence-electron chi connectivity index (χ0n) is 16.5. The first-order chi connectivity index (χ1) is 14.5. The number of hydrogen-bond donors (Lipinski definition) is 0. The fraction of sp³-hybridized carbons (Fsp3) is 0.286. The quantitative estimate of drug-likeness (QED) is 0.651. The van der Waals surface area contributed by atoms with Gasteiger partial charge in [0.1, 0.15) is 18.6 Å². The highest BCUT2D eigenvalue weighted by Gasteiger charge is 2.25. The lowest BCUT2D eigenvalue weighted by molar-refractivity contribution is -0.132. The molecule has 0 radical (unpaired) electrons. The number of carbonyl (C=O) groups is 1. The smallest absolute Gasteiger partial charge is 0.267 e. The van der Waals surface area contributed by atoms with Crippen molar-refractivity contribution < 1.29 is 9.18 Å². The Morgan fingerprint density at radius 1 is 1.03 bits per heavy atom. The number of carbonyl (C=O) groups excluding carboxylic acids is 1. The maximum Gasteiger partial charge on any atom is 0.267 e. The van der Waals surface area contributed by atoms with E-state index in [0.29, 0.717) is 37.4 Å². The van der Waals surface area contributed by atoms with E-state index in [1.54, 1.807) is 30.0 Å². The number of amides is 1. The highest BCUT2D eigenvalue weighted by atomic mass is 19.1. The molecule has 154 valence electrons. The average Bonchev–Trinajstić information content (AvgIpc) is 2.77. The molecule has 1 fully saturated rings. The monoisotopic (exact) mass is 408 g/mol. The van der Waals surface area contributed by atoms with Gasteiger partial charge in [-0.1, -0.05) is 30.3 Å². The predicted molar refractivity (Wildman–Crippen MR) is 109 cm³/mol. The van der Waals surface area contributed by atoms with E-state index in [1.807, 2.05) is 23.1 Å². The van der Waals surface area contributed by atoms with Crippen molar-refractivity contribution in [2.24, 2.45) is 0 Å². The van der Waals surface area contributed by atoms with Gasteiger partial charge in [0.25, 0.3) is 5.56 Å². The summed E-state index contributed by atoms with van der Waals surface area (Å²) in [4.78, 5) is 36.2. The molecule has 9 heteroatoms. The lowest BCUT2D eigenvalue weighted by atomic mass is 10.1. The molecule has 1 aliphatic rings. The second kappa shape index (κ2) is 8.40. The number of halogens is 1. The molecular weight excluding hydrogens is 387 g/mol. The van der Waals surface area contributed by atoms with Gasteiger partial charge in [-0.2, -0.15) is 5.10 Å². The number of aromatic nitrogens is 4. The Bertz CT molecular complexity index is 1110. The molecule has 3 aromatic rings. The van der Waals surface area contributed by atoms with E-state index >= 15 is 4.39 Å². The van der Waals surface area contributed by atoms with Crippen molar-refractivity contribution in [2.45, 2.75) is 13.5 Å². The van der Waals surface area contributed by atoms with E-state index in [-0.39, 0.29) is 29.5 Å². The molecule has 1 aromatic carbocycles. The topological polar surface area (TPSA) is 84.2 Å². The summed E-state index contributed by atoms with van der Waals surface area (Å²) in [5.41, 5.74) is 1.29. The zero-order valence-corrected chi connectivity index (χ0v) is 16.5. The third kappa shape index (κ3) is 4.05. The normalized spacial score (nSPS) is 14.1. The van der Waals surface area contributed by atoms with Crippen LogP contribution in [0.25, 0.3) is 11.3 Å². The second-order valence-electron chi connectivity index (χ2n) is 7.06. The molecule has 0 unspecified atom stereocenters. The first-order valence-electron chi connectivity index (χ1n) is 9.66. The van der Waals surface area contributed by atoms with Gasteiger partial charge in [0.15, 0.2) is 11.6 Å². The van der Waals surface area contributed by atoms with Gasteiger partial charge in [0.05, 0.1) is 5.69 Å². The Labute approximate surface area is 172 Å². The van der Waals surface area contributed by atoms with Crippen LogP contribution in [0.3, 0.4) is 0 Å². The van der Waals surface area contributed by atoms with E-state index < -0.39 is 5.82 Å². The van der Waals surface area contributed by atoms with Crippen LogP contribution in [-0.2, 0) is 11.3 Å². The number of nitrogens with zero attached hydrogens (tertiary/aromatic N) is 6. The molecule has 0 bridgehead atoms. The summed E-state index contributed by atoms with van der Waals surface area (Å²) < 4.78 is 16.2. The van der Waals surface area contributed by atoms with E-state index in [4.69, 9.17) is 0 Å². The Morgan fingerprint density at radius 2 is 1.77 bits per heavy atom. The number of hydrogen-bond acceptors (Lipinski definition) is 6. The van der Waals surface area contributed by atoms with Gasteiger partial charge in [-0.05, 0) is 13.0 Å². The minimum atomic E-state index is -0.473. The Kier molecular flexibility index (Phi) is 5.51. The molecule has 0 saturated carbocycles. The minimum absolute atomic E-state index is 0.111. The third-order valence-corrected chi connectivity index (χ3v) is 5.04. The van der Waals surface area contributed by atoms with Gasteiger partial charge >= 0.3 is 0 Å². The van der Waals surface area contributed by atoms with E-state index in [1.165, 1.54) is 17.1 Å². The summed E-state index contributed by atoms with van der Waals surface area (Å²) in [7, 11) is 0. The second-order valence-corrected chi connectivity index (χ2v) is 7.06. The van der Waals surface area contributed by atoms with Crippen molar-refractivity contribution in [2.75, 3.05) is 31.1 Å². The van der Waals surface area contributed by atoms with E-state index in [2.05, 4.69) is 15.1 Å². The maximum atomic E-state index is 15.1.